The Hall–Kier alpha value is -0.180. The van der Waals surface area contributed by atoms with Gasteiger partial charge in [-0.05, 0) is 35.6 Å². The Bertz CT molecular complexity index is 383. The number of halogens is 1. The topological polar surface area (TPSA) is 38.8 Å². The monoisotopic (exact) mass is 383 g/mol. The van der Waals surface area contributed by atoms with Crippen LogP contribution in [0.15, 0.2) is 11.4 Å². The third-order valence-corrected chi connectivity index (χ3v) is 4.34. The molecule has 1 amide bonds. The van der Waals surface area contributed by atoms with Gasteiger partial charge in [-0.25, -0.2) is 0 Å². The second-order valence-corrected chi connectivity index (χ2v) is 6.74. The summed E-state index contributed by atoms with van der Waals surface area (Å²) in [6, 6.07) is 1.95. The van der Waals surface area contributed by atoms with E-state index in [0.29, 0.717) is 19.8 Å². The molecule has 0 saturated heterocycles. The second kappa shape index (κ2) is 8.08. The van der Waals surface area contributed by atoms with E-state index in [9.17, 15) is 4.79 Å². The van der Waals surface area contributed by atoms with Crippen molar-refractivity contribution < 1.29 is 14.3 Å². The number of thiophene rings is 1. The summed E-state index contributed by atoms with van der Waals surface area (Å²) in [6.45, 7) is 3.61. The first-order chi connectivity index (χ1) is 8.60. The van der Waals surface area contributed by atoms with Crippen LogP contribution in [0, 0.1) is 2.88 Å². The molecule has 0 aromatic carbocycles. The standard InChI is InChI=1S/C12H18INO3S/c1-9(7-17-3)14(4-5-16-2)12(15)10-6-11(13)18-8-10/h6,8-9H,4-5,7H2,1-3H3. The number of hydrogen-bond acceptors (Lipinski definition) is 4. The SMILES string of the molecule is COCCN(C(=O)c1csc(I)c1)C(C)COC. The molecule has 0 saturated carbocycles. The van der Waals surface area contributed by atoms with E-state index in [4.69, 9.17) is 9.47 Å². The number of amides is 1. The molecule has 6 heteroatoms. The lowest BCUT2D eigenvalue weighted by atomic mass is 10.2. The summed E-state index contributed by atoms with van der Waals surface area (Å²) >= 11 is 3.79. The number of carbonyl (C=O) groups excluding carboxylic acids is 1. The summed E-state index contributed by atoms with van der Waals surface area (Å²) < 4.78 is 11.3. The maximum atomic E-state index is 12.4. The summed E-state index contributed by atoms with van der Waals surface area (Å²) in [7, 11) is 3.28. The zero-order chi connectivity index (χ0) is 13.5. The average Bonchev–Trinajstić information content (AvgIpc) is 2.76. The van der Waals surface area contributed by atoms with E-state index in [1.54, 1.807) is 30.5 Å². The lowest BCUT2D eigenvalue weighted by Gasteiger charge is -2.28. The highest BCUT2D eigenvalue weighted by atomic mass is 127. The van der Waals surface area contributed by atoms with Crippen molar-refractivity contribution >= 4 is 39.8 Å². The number of methoxy groups -OCH3 is 2. The number of carbonyl (C=O) groups is 1. The first-order valence-corrected chi connectivity index (χ1v) is 7.58. The van der Waals surface area contributed by atoms with Crippen LogP contribution in [-0.2, 0) is 9.47 Å². The molecule has 4 nitrogen and oxygen atoms in total. The van der Waals surface area contributed by atoms with Gasteiger partial charge in [0.25, 0.3) is 5.91 Å². The molecule has 0 aliphatic rings. The van der Waals surface area contributed by atoms with E-state index in [1.807, 2.05) is 18.4 Å². The van der Waals surface area contributed by atoms with Gasteiger partial charge in [0.1, 0.15) is 0 Å². The highest BCUT2D eigenvalue weighted by Gasteiger charge is 2.22. The molecule has 0 fully saturated rings. The predicted octanol–water partition coefficient (Wildman–Crippen LogP) is 2.48. The Morgan fingerprint density at radius 1 is 1.50 bits per heavy atom. The minimum absolute atomic E-state index is 0.0372. The predicted molar refractivity (Wildman–Crippen MR) is 81.3 cm³/mol. The molecule has 102 valence electrons. The van der Waals surface area contributed by atoms with Gasteiger partial charge in [-0.2, -0.15) is 0 Å². The molecule has 0 bridgehead atoms. The number of rotatable bonds is 7. The van der Waals surface area contributed by atoms with Gasteiger partial charge in [0.2, 0.25) is 0 Å². The summed E-state index contributed by atoms with van der Waals surface area (Å²) in [5, 5.41) is 1.89. The number of ether oxygens (including phenoxy) is 2. The van der Waals surface area contributed by atoms with Gasteiger partial charge >= 0.3 is 0 Å². The fourth-order valence-electron chi connectivity index (χ4n) is 1.63. The fourth-order valence-corrected chi connectivity index (χ4v) is 2.95. The summed E-state index contributed by atoms with van der Waals surface area (Å²) in [5.74, 6) is 0.0377. The van der Waals surface area contributed by atoms with Crippen LogP contribution in [0.2, 0.25) is 0 Å². The Morgan fingerprint density at radius 3 is 2.72 bits per heavy atom. The van der Waals surface area contributed by atoms with E-state index in [0.717, 1.165) is 8.45 Å². The summed E-state index contributed by atoms with van der Waals surface area (Å²) in [5.41, 5.74) is 0.739. The molecule has 18 heavy (non-hydrogen) atoms. The van der Waals surface area contributed by atoms with Gasteiger partial charge in [-0.3, -0.25) is 4.79 Å². The van der Waals surface area contributed by atoms with Crippen LogP contribution in [0.5, 0.6) is 0 Å². The smallest absolute Gasteiger partial charge is 0.255 e. The maximum absolute atomic E-state index is 12.4. The molecule has 1 atom stereocenters. The van der Waals surface area contributed by atoms with E-state index in [1.165, 1.54) is 0 Å². The normalized spacial score (nSPS) is 12.4. The minimum Gasteiger partial charge on any atom is -0.383 e. The molecule has 1 rings (SSSR count). The van der Waals surface area contributed by atoms with Crippen LogP contribution in [0.4, 0.5) is 0 Å². The molecule has 0 aliphatic carbocycles. The molecule has 1 aromatic heterocycles. The van der Waals surface area contributed by atoms with E-state index >= 15 is 0 Å². The Kier molecular flexibility index (Phi) is 7.13. The summed E-state index contributed by atoms with van der Waals surface area (Å²) in [4.78, 5) is 14.2. The molecule has 0 aliphatic heterocycles. The van der Waals surface area contributed by atoms with Gasteiger partial charge in [0.15, 0.2) is 0 Å². The Labute approximate surface area is 125 Å². The first kappa shape index (κ1) is 15.9. The van der Waals surface area contributed by atoms with Crippen molar-refractivity contribution in [3.05, 3.63) is 19.9 Å². The van der Waals surface area contributed by atoms with Gasteiger partial charge in [-0.15, -0.1) is 11.3 Å². The number of nitrogens with zero attached hydrogens (tertiary/aromatic N) is 1. The highest BCUT2D eigenvalue weighted by molar-refractivity contribution is 14.1. The Morgan fingerprint density at radius 2 is 2.22 bits per heavy atom. The van der Waals surface area contributed by atoms with Crippen molar-refractivity contribution in [2.75, 3.05) is 34.0 Å². The van der Waals surface area contributed by atoms with Gasteiger partial charge in [0.05, 0.1) is 27.7 Å². The molecule has 1 unspecified atom stereocenters. The highest BCUT2D eigenvalue weighted by Crippen LogP contribution is 2.19. The van der Waals surface area contributed by atoms with E-state index < -0.39 is 0 Å². The van der Waals surface area contributed by atoms with Crippen LogP contribution < -0.4 is 0 Å². The third-order valence-electron chi connectivity index (χ3n) is 2.55. The van der Waals surface area contributed by atoms with Crippen molar-refractivity contribution in [3.63, 3.8) is 0 Å². The molecule has 0 N–H and O–H groups in total. The van der Waals surface area contributed by atoms with Crippen LogP contribution in [0.25, 0.3) is 0 Å². The molecular weight excluding hydrogens is 365 g/mol. The van der Waals surface area contributed by atoms with Crippen molar-refractivity contribution in [1.29, 1.82) is 0 Å². The van der Waals surface area contributed by atoms with E-state index in [-0.39, 0.29) is 11.9 Å². The quantitative estimate of drug-likeness (QED) is 0.680. The van der Waals surface area contributed by atoms with E-state index in [2.05, 4.69) is 22.6 Å². The maximum Gasteiger partial charge on any atom is 0.255 e. The second-order valence-electron chi connectivity index (χ2n) is 3.94. The lowest BCUT2D eigenvalue weighted by Crippen LogP contribution is -2.42. The molecule has 0 spiro atoms. The van der Waals surface area contributed by atoms with Crippen LogP contribution in [0.3, 0.4) is 0 Å². The van der Waals surface area contributed by atoms with Gasteiger partial charge in [0, 0.05) is 26.1 Å². The van der Waals surface area contributed by atoms with Crippen molar-refractivity contribution in [3.8, 4) is 0 Å². The third kappa shape index (κ3) is 4.49. The fraction of sp³-hybridized carbons (Fsp3) is 0.583. The molecule has 1 heterocycles. The summed E-state index contributed by atoms with van der Waals surface area (Å²) in [6.07, 6.45) is 0. The molecule has 1 aromatic rings. The minimum atomic E-state index is 0.0372. The van der Waals surface area contributed by atoms with Crippen molar-refractivity contribution in [2.24, 2.45) is 0 Å². The zero-order valence-corrected chi connectivity index (χ0v) is 13.8. The largest absolute Gasteiger partial charge is 0.383 e. The molecular formula is C12H18INO3S. The first-order valence-electron chi connectivity index (χ1n) is 5.63. The van der Waals surface area contributed by atoms with Crippen LogP contribution >= 0.6 is 33.9 Å². The Balaban J connectivity index is 2.77. The molecule has 0 radical (unpaired) electrons. The number of hydrogen-bond donors (Lipinski definition) is 0. The van der Waals surface area contributed by atoms with Gasteiger partial charge < -0.3 is 14.4 Å². The zero-order valence-electron chi connectivity index (χ0n) is 10.8. The van der Waals surface area contributed by atoms with Crippen LogP contribution in [0.1, 0.15) is 17.3 Å². The van der Waals surface area contributed by atoms with Gasteiger partial charge in [-0.1, -0.05) is 0 Å². The van der Waals surface area contributed by atoms with Crippen LogP contribution in [-0.4, -0.2) is 50.8 Å². The lowest BCUT2D eigenvalue weighted by molar-refractivity contribution is 0.0480. The average molecular weight is 383 g/mol. The van der Waals surface area contributed by atoms with Crippen molar-refractivity contribution in [2.45, 2.75) is 13.0 Å². The van der Waals surface area contributed by atoms with Crippen molar-refractivity contribution in [1.82, 2.24) is 4.90 Å².